The molecule has 0 aliphatic carbocycles. The van der Waals surface area contributed by atoms with Crippen molar-refractivity contribution in [2.24, 2.45) is 0 Å². The minimum Gasteiger partial charge on any atom is -0.396 e. The maximum Gasteiger partial charge on any atom is 0.0787 e. The molecule has 1 rings (SSSR count). The Morgan fingerprint density at radius 2 is 1.93 bits per heavy atom. The van der Waals surface area contributed by atoms with E-state index in [1.54, 1.807) is 11.8 Å². The number of thioether (sulfide) groups is 1. The van der Waals surface area contributed by atoms with Crippen molar-refractivity contribution in [3.05, 3.63) is 29.8 Å². The van der Waals surface area contributed by atoms with Gasteiger partial charge in [-0.1, -0.05) is 19.1 Å². The number of rotatable bonds is 6. The highest BCUT2D eigenvalue weighted by molar-refractivity contribution is 7.99. The molecule has 3 heteroatoms. The normalized spacial score (nSPS) is 12.7. The Morgan fingerprint density at radius 3 is 2.47 bits per heavy atom. The molecule has 0 unspecified atom stereocenters. The van der Waals surface area contributed by atoms with E-state index in [2.05, 4.69) is 0 Å². The van der Waals surface area contributed by atoms with Crippen LogP contribution < -0.4 is 0 Å². The quantitative estimate of drug-likeness (QED) is 0.578. The van der Waals surface area contributed by atoms with Gasteiger partial charge in [0.1, 0.15) is 0 Å². The summed E-state index contributed by atoms with van der Waals surface area (Å²) in [6, 6.07) is 7.98. The highest BCUT2D eigenvalue weighted by atomic mass is 32.2. The molecule has 0 amide bonds. The van der Waals surface area contributed by atoms with E-state index in [9.17, 15) is 5.11 Å². The zero-order valence-corrected chi connectivity index (χ0v) is 9.83. The second-order valence-electron chi connectivity index (χ2n) is 3.42. The van der Waals surface area contributed by atoms with Crippen LogP contribution in [0.1, 0.15) is 31.4 Å². The fourth-order valence-electron chi connectivity index (χ4n) is 1.28. The summed E-state index contributed by atoms with van der Waals surface area (Å²) >= 11 is 1.73. The van der Waals surface area contributed by atoms with Crippen molar-refractivity contribution in [2.75, 3.05) is 12.4 Å². The van der Waals surface area contributed by atoms with Crippen molar-refractivity contribution in [3.63, 3.8) is 0 Å². The van der Waals surface area contributed by atoms with Crippen molar-refractivity contribution in [2.45, 2.75) is 30.8 Å². The lowest BCUT2D eigenvalue weighted by Crippen LogP contribution is -1.94. The summed E-state index contributed by atoms with van der Waals surface area (Å²) in [6.07, 6.45) is 1.22. The van der Waals surface area contributed by atoms with E-state index in [1.165, 1.54) is 4.90 Å². The highest BCUT2D eigenvalue weighted by Crippen LogP contribution is 2.22. The van der Waals surface area contributed by atoms with E-state index in [-0.39, 0.29) is 12.7 Å². The smallest absolute Gasteiger partial charge is 0.0787 e. The maximum absolute atomic E-state index is 9.59. The molecule has 2 N–H and O–H groups in total. The molecule has 0 radical (unpaired) electrons. The molecule has 0 spiro atoms. The molecule has 1 atom stereocenters. The van der Waals surface area contributed by atoms with Gasteiger partial charge in [0.2, 0.25) is 0 Å². The predicted molar refractivity (Wildman–Crippen MR) is 64.1 cm³/mol. The highest BCUT2D eigenvalue weighted by Gasteiger charge is 2.03. The van der Waals surface area contributed by atoms with Crippen LogP contribution in [0.3, 0.4) is 0 Å². The van der Waals surface area contributed by atoms with E-state index in [1.807, 2.05) is 31.2 Å². The van der Waals surface area contributed by atoms with Gasteiger partial charge in [-0.05, 0) is 30.5 Å². The van der Waals surface area contributed by atoms with Crippen LogP contribution in [0.2, 0.25) is 0 Å². The van der Waals surface area contributed by atoms with Gasteiger partial charge in [-0.3, -0.25) is 0 Å². The van der Waals surface area contributed by atoms with Gasteiger partial charge in [-0.15, -0.1) is 11.8 Å². The molecule has 0 saturated carbocycles. The lowest BCUT2D eigenvalue weighted by Gasteiger charge is -2.08. The summed E-state index contributed by atoms with van der Waals surface area (Å²) in [5.41, 5.74) is 0.976. The topological polar surface area (TPSA) is 40.5 Å². The van der Waals surface area contributed by atoms with Crippen LogP contribution in [0.5, 0.6) is 0 Å². The Balaban J connectivity index is 2.49. The summed E-state index contributed by atoms with van der Waals surface area (Å²) in [5.74, 6) is 0.937. The summed E-state index contributed by atoms with van der Waals surface area (Å²) in [4.78, 5) is 1.19. The molecule has 0 saturated heterocycles. The first-order chi connectivity index (χ1) is 7.27. The molecule has 1 aromatic carbocycles. The van der Waals surface area contributed by atoms with Crippen LogP contribution in [0.4, 0.5) is 0 Å². The van der Waals surface area contributed by atoms with Gasteiger partial charge >= 0.3 is 0 Å². The van der Waals surface area contributed by atoms with Crippen LogP contribution in [0.15, 0.2) is 29.2 Å². The van der Waals surface area contributed by atoms with Gasteiger partial charge in [0.25, 0.3) is 0 Å². The van der Waals surface area contributed by atoms with Gasteiger partial charge in [0.15, 0.2) is 0 Å². The third-order valence-corrected chi connectivity index (χ3v) is 3.32. The lowest BCUT2D eigenvalue weighted by molar-refractivity contribution is 0.173. The molecular formula is C12H18O2S. The first-order valence-electron chi connectivity index (χ1n) is 5.29. The molecule has 2 nitrogen and oxygen atoms in total. The van der Waals surface area contributed by atoms with Gasteiger partial charge in [0, 0.05) is 17.3 Å². The molecule has 15 heavy (non-hydrogen) atoms. The zero-order valence-electron chi connectivity index (χ0n) is 9.02. The molecule has 0 bridgehead atoms. The summed E-state index contributed by atoms with van der Waals surface area (Å²) < 4.78 is 0. The summed E-state index contributed by atoms with van der Waals surface area (Å²) in [7, 11) is 0. The van der Waals surface area contributed by atoms with Gasteiger partial charge in [0.05, 0.1) is 6.10 Å². The molecule has 1 aromatic rings. The number of hydrogen-bond donors (Lipinski definition) is 2. The zero-order chi connectivity index (χ0) is 11.1. The van der Waals surface area contributed by atoms with E-state index in [0.717, 1.165) is 24.2 Å². The van der Waals surface area contributed by atoms with E-state index >= 15 is 0 Å². The number of aliphatic hydroxyl groups excluding tert-OH is 2. The second kappa shape index (κ2) is 6.88. The molecule has 0 aliphatic heterocycles. The SMILES string of the molecule is CC[C@@H](O)c1ccc(SCCCO)cc1. The van der Waals surface area contributed by atoms with Crippen molar-refractivity contribution >= 4 is 11.8 Å². The number of hydrogen-bond acceptors (Lipinski definition) is 3. The first kappa shape index (κ1) is 12.6. The van der Waals surface area contributed by atoms with Crippen LogP contribution in [-0.4, -0.2) is 22.6 Å². The predicted octanol–water partition coefficient (Wildman–Crippen LogP) is 2.60. The Kier molecular flexibility index (Phi) is 5.76. The fraction of sp³-hybridized carbons (Fsp3) is 0.500. The van der Waals surface area contributed by atoms with Crippen molar-refractivity contribution in [1.82, 2.24) is 0 Å². The molecule has 84 valence electrons. The average molecular weight is 226 g/mol. The Hall–Kier alpha value is -0.510. The van der Waals surface area contributed by atoms with Crippen LogP contribution in [0, 0.1) is 0 Å². The van der Waals surface area contributed by atoms with Crippen molar-refractivity contribution < 1.29 is 10.2 Å². The third-order valence-electron chi connectivity index (χ3n) is 2.22. The van der Waals surface area contributed by atoms with Crippen LogP contribution >= 0.6 is 11.8 Å². The Bertz CT molecular complexity index is 271. The molecular weight excluding hydrogens is 208 g/mol. The number of benzene rings is 1. The van der Waals surface area contributed by atoms with Crippen LogP contribution in [0.25, 0.3) is 0 Å². The minimum absolute atomic E-state index is 0.250. The van der Waals surface area contributed by atoms with E-state index in [4.69, 9.17) is 5.11 Å². The molecule has 0 aromatic heterocycles. The average Bonchev–Trinajstić information content (AvgIpc) is 2.29. The fourth-order valence-corrected chi connectivity index (χ4v) is 2.11. The lowest BCUT2D eigenvalue weighted by atomic mass is 10.1. The maximum atomic E-state index is 9.59. The minimum atomic E-state index is -0.346. The largest absolute Gasteiger partial charge is 0.396 e. The van der Waals surface area contributed by atoms with Crippen molar-refractivity contribution in [1.29, 1.82) is 0 Å². The van der Waals surface area contributed by atoms with Gasteiger partial charge in [-0.2, -0.15) is 0 Å². The molecule has 0 aliphatic rings. The standard InChI is InChI=1S/C12H18O2S/c1-2-12(14)10-4-6-11(7-5-10)15-9-3-8-13/h4-7,12-14H,2-3,8-9H2,1H3/t12-/m1/s1. The third kappa shape index (κ3) is 4.24. The number of aliphatic hydroxyl groups is 2. The summed E-state index contributed by atoms with van der Waals surface area (Å²) in [5, 5.41) is 18.2. The van der Waals surface area contributed by atoms with Crippen LogP contribution in [-0.2, 0) is 0 Å². The summed E-state index contributed by atoms with van der Waals surface area (Å²) in [6.45, 7) is 2.22. The van der Waals surface area contributed by atoms with E-state index < -0.39 is 0 Å². The molecule has 0 heterocycles. The van der Waals surface area contributed by atoms with Gasteiger partial charge in [-0.25, -0.2) is 0 Å². The second-order valence-corrected chi connectivity index (χ2v) is 4.59. The monoisotopic (exact) mass is 226 g/mol. The van der Waals surface area contributed by atoms with E-state index in [0.29, 0.717) is 0 Å². The Morgan fingerprint density at radius 1 is 1.27 bits per heavy atom. The van der Waals surface area contributed by atoms with Crippen molar-refractivity contribution in [3.8, 4) is 0 Å². The first-order valence-corrected chi connectivity index (χ1v) is 6.28. The molecule has 0 fully saturated rings. The van der Waals surface area contributed by atoms with Gasteiger partial charge < -0.3 is 10.2 Å². The Labute approximate surface area is 95.3 Å².